The molecule has 2 aromatic carbocycles. The number of aromatic nitrogens is 4. The first-order chi connectivity index (χ1) is 15.9. The number of hydrogen-bond donors (Lipinski definition) is 1. The Kier molecular flexibility index (Phi) is 5.77. The van der Waals surface area contributed by atoms with Crippen molar-refractivity contribution < 1.29 is 18.8 Å². The van der Waals surface area contributed by atoms with Gasteiger partial charge in [-0.05, 0) is 6.92 Å². The second kappa shape index (κ2) is 8.83. The molecule has 0 amide bonds. The molecule has 0 spiro atoms. The van der Waals surface area contributed by atoms with Crippen LogP contribution in [-0.4, -0.2) is 38.1 Å². The van der Waals surface area contributed by atoms with Crippen molar-refractivity contribution in [3.63, 3.8) is 0 Å². The van der Waals surface area contributed by atoms with E-state index >= 15 is 0 Å². The number of carbonyl (C=O) groups excluding carboxylic acids is 1. The molecule has 0 radical (unpaired) electrons. The minimum absolute atomic E-state index is 0.0380. The molecule has 2 aromatic heterocycles. The average Bonchev–Trinajstić information content (AvgIpc) is 3.25. The molecule has 0 fully saturated rings. The molecule has 2 heterocycles. The number of aldehydes is 1. The lowest BCUT2D eigenvalue weighted by Gasteiger charge is -2.11. The summed E-state index contributed by atoms with van der Waals surface area (Å²) < 4.78 is 20.4. The first-order valence-electron chi connectivity index (χ1n) is 9.64. The summed E-state index contributed by atoms with van der Waals surface area (Å²) in [5.41, 5.74) is 2.11. The maximum absolute atomic E-state index is 13.9. The first kappa shape index (κ1) is 21.6. The van der Waals surface area contributed by atoms with Crippen molar-refractivity contribution >= 4 is 23.6 Å². The van der Waals surface area contributed by atoms with E-state index < -0.39 is 16.4 Å². The third kappa shape index (κ3) is 4.37. The molecule has 0 aliphatic carbocycles. The van der Waals surface area contributed by atoms with Crippen LogP contribution in [0.3, 0.4) is 0 Å². The van der Waals surface area contributed by atoms with Gasteiger partial charge in [-0.3, -0.25) is 14.9 Å². The lowest BCUT2D eigenvalue weighted by molar-refractivity contribution is -0.387. The Morgan fingerprint density at radius 1 is 1.21 bits per heavy atom. The fraction of sp³-hybridized carbons (Fsp3) is 0.0909. The van der Waals surface area contributed by atoms with Crippen molar-refractivity contribution in [2.24, 2.45) is 0 Å². The summed E-state index contributed by atoms with van der Waals surface area (Å²) in [4.78, 5) is 30.3. The zero-order chi connectivity index (χ0) is 23.5. The Bertz CT molecular complexity index is 1350. The number of rotatable bonds is 7. The second-order valence-electron chi connectivity index (χ2n) is 6.99. The standard InChI is InChI=1S/C22H17FN6O4/c1-13-3-5-14(6-4-13)21-15(12-30)11-28(27-21)20-7-8-24-22(26-20)25-17-10-18(29(31)32)16(23)9-19(17)33-2/h3-12H,1-2H3,(H,24,25,26). The van der Waals surface area contributed by atoms with Gasteiger partial charge in [-0.2, -0.15) is 14.5 Å². The summed E-state index contributed by atoms with van der Waals surface area (Å²) in [5, 5.41) is 18.4. The summed E-state index contributed by atoms with van der Waals surface area (Å²) in [7, 11) is 1.31. The van der Waals surface area contributed by atoms with E-state index in [4.69, 9.17) is 4.74 Å². The van der Waals surface area contributed by atoms with Gasteiger partial charge in [0.1, 0.15) is 11.4 Å². The molecule has 33 heavy (non-hydrogen) atoms. The van der Waals surface area contributed by atoms with Gasteiger partial charge in [0, 0.05) is 36.2 Å². The van der Waals surface area contributed by atoms with Crippen LogP contribution in [0.1, 0.15) is 15.9 Å². The van der Waals surface area contributed by atoms with Gasteiger partial charge in [0.25, 0.3) is 0 Å². The number of benzene rings is 2. The van der Waals surface area contributed by atoms with Gasteiger partial charge in [-0.25, -0.2) is 9.67 Å². The fourth-order valence-electron chi connectivity index (χ4n) is 3.13. The van der Waals surface area contributed by atoms with Crippen LogP contribution in [0, 0.1) is 22.9 Å². The van der Waals surface area contributed by atoms with E-state index in [0.29, 0.717) is 23.4 Å². The molecule has 166 valence electrons. The zero-order valence-electron chi connectivity index (χ0n) is 17.5. The lowest BCUT2D eigenvalue weighted by Crippen LogP contribution is -2.05. The molecule has 0 unspecified atom stereocenters. The number of hydrogen-bond acceptors (Lipinski definition) is 8. The molecule has 1 N–H and O–H groups in total. The van der Waals surface area contributed by atoms with E-state index in [1.165, 1.54) is 24.2 Å². The number of ether oxygens (including phenoxy) is 1. The highest BCUT2D eigenvalue weighted by molar-refractivity contribution is 5.85. The van der Waals surface area contributed by atoms with Crippen molar-refractivity contribution in [3.05, 3.63) is 81.9 Å². The van der Waals surface area contributed by atoms with E-state index in [1.807, 2.05) is 31.2 Å². The van der Waals surface area contributed by atoms with Gasteiger partial charge >= 0.3 is 5.69 Å². The van der Waals surface area contributed by atoms with Crippen LogP contribution in [-0.2, 0) is 0 Å². The summed E-state index contributed by atoms with van der Waals surface area (Å²) in [6, 6.07) is 11.1. The van der Waals surface area contributed by atoms with Crippen LogP contribution in [0.15, 0.2) is 54.9 Å². The monoisotopic (exact) mass is 448 g/mol. The first-order valence-corrected chi connectivity index (χ1v) is 9.64. The largest absolute Gasteiger partial charge is 0.494 e. The molecule has 0 saturated carbocycles. The third-order valence-electron chi connectivity index (χ3n) is 4.78. The van der Waals surface area contributed by atoms with E-state index in [9.17, 15) is 19.3 Å². The second-order valence-corrected chi connectivity index (χ2v) is 6.99. The van der Waals surface area contributed by atoms with E-state index in [1.54, 1.807) is 6.07 Å². The van der Waals surface area contributed by atoms with Gasteiger partial charge in [0.15, 0.2) is 12.1 Å². The highest BCUT2D eigenvalue weighted by atomic mass is 19.1. The number of nitro benzene ring substituents is 1. The number of nitro groups is 1. The smallest absolute Gasteiger partial charge is 0.307 e. The van der Waals surface area contributed by atoms with Crippen LogP contribution in [0.4, 0.5) is 21.7 Å². The molecule has 4 rings (SSSR count). The maximum Gasteiger partial charge on any atom is 0.307 e. The number of nitrogens with one attached hydrogen (secondary N) is 1. The van der Waals surface area contributed by atoms with Gasteiger partial charge < -0.3 is 10.1 Å². The fourth-order valence-corrected chi connectivity index (χ4v) is 3.13. The molecular formula is C22H17FN6O4. The number of anilines is 2. The number of methoxy groups -OCH3 is 1. The normalized spacial score (nSPS) is 10.6. The maximum atomic E-state index is 13.9. The average molecular weight is 448 g/mol. The van der Waals surface area contributed by atoms with Crippen molar-refractivity contribution in [2.45, 2.75) is 6.92 Å². The van der Waals surface area contributed by atoms with Crippen LogP contribution >= 0.6 is 0 Å². The van der Waals surface area contributed by atoms with Crippen LogP contribution in [0.5, 0.6) is 5.75 Å². The molecule has 0 bridgehead atoms. The number of halogens is 1. The topological polar surface area (TPSA) is 125 Å². The molecule has 0 atom stereocenters. The third-order valence-corrected chi connectivity index (χ3v) is 4.78. The number of carbonyl (C=O) groups is 1. The Morgan fingerprint density at radius 3 is 2.64 bits per heavy atom. The van der Waals surface area contributed by atoms with Crippen LogP contribution < -0.4 is 10.1 Å². The van der Waals surface area contributed by atoms with E-state index in [-0.39, 0.29) is 17.4 Å². The Labute approximate surface area is 186 Å². The molecule has 0 aliphatic rings. The molecule has 10 nitrogen and oxygen atoms in total. The molecule has 0 aliphatic heterocycles. The van der Waals surface area contributed by atoms with Gasteiger partial charge in [-0.15, -0.1) is 0 Å². The highest BCUT2D eigenvalue weighted by Crippen LogP contribution is 2.33. The molecule has 0 saturated heterocycles. The predicted molar refractivity (Wildman–Crippen MR) is 118 cm³/mol. The van der Waals surface area contributed by atoms with Crippen molar-refractivity contribution in [3.8, 4) is 22.8 Å². The predicted octanol–water partition coefficient (Wildman–Crippen LogP) is 4.25. The van der Waals surface area contributed by atoms with Crippen molar-refractivity contribution in [1.82, 2.24) is 19.7 Å². The van der Waals surface area contributed by atoms with Crippen LogP contribution in [0.25, 0.3) is 17.1 Å². The van der Waals surface area contributed by atoms with E-state index in [0.717, 1.165) is 23.3 Å². The summed E-state index contributed by atoms with van der Waals surface area (Å²) in [5.74, 6) is -0.592. The SMILES string of the molecule is COc1cc(F)c([N+](=O)[O-])cc1Nc1nccc(-n2cc(C=O)c(-c3ccc(C)cc3)n2)n1. The van der Waals surface area contributed by atoms with Crippen LogP contribution in [0.2, 0.25) is 0 Å². The molecule has 11 heteroatoms. The zero-order valence-corrected chi connectivity index (χ0v) is 17.5. The summed E-state index contributed by atoms with van der Waals surface area (Å²) in [6.45, 7) is 1.96. The lowest BCUT2D eigenvalue weighted by atomic mass is 10.1. The van der Waals surface area contributed by atoms with Crippen molar-refractivity contribution in [2.75, 3.05) is 12.4 Å². The minimum Gasteiger partial charge on any atom is -0.494 e. The Morgan fingerprint density at radius 2 is 1.97 bits per heavy atom. The van der Waals surface area contributed by atoms with Crippen molar-refractivity contribution in [1.29, 1.82) is 0 Å². The Balaban J connectivity index is 1.70. The number of nitrogens with zero attached hydrogens (tertiary/aromatic N) is 5. The Hall–Kier alpha value is -4.67. The molecule has 4 aromatic rings. The quantitative estimate of drug-likeness (QED) is 0.253. The van der Waals surface area contributed by atoms with Gasteiger partial charge in [0.2, 0.25) is 11.8 Å². The van der Waals surface area contributed by atoms with Gasteiger partial charge in [-0.1, -0.05) is 29.8 Å². The molecular weight excluding hydrogens is 431 g/mol. The van der Waals surface area contributed by atoms with Gasteiger partial charge in [0.05, 0.1) is 23.3 Å². The van der Waals surface area contributed by atoms with E-state index in [2.05, 4.69) is 20.4 Å². The minimum atomic E-state index is -1.03. The summed E-state index contributed by atoms with van der Waals surface area (Å²) in [6.07, 6.45) is 3.70. The summed E-state index contributed by atoms with van der Waals surface area (Å²) >= 11 is 0. The number of aryl methyl sites for hydroxylation is 1. The highest BCUT2D eigenvalue weighted by Gasteiger charge is 2.20.